The maximum absolute atomic E-state index is 12.5. The molecule has 2 aromatic rings. The number of nitrogens with zero attached hydrogens (tertiary/aromatic N) is 1. The van der Waals surface area contributed by atoms with Crippen LogP contribution in [0.5, 0.6) is 5.75 Å². The summed E-state index contributed by atoms with van der Waals surface area (Å²) in [6, 6.07) is 5.45. The van der Waals surface area contributed by atoms with Crippen molar-refractivity contribution in [3.8, 4) is 5.75 Å². The number of nitrogens with one attached hydrogen (secondary N) is 1. The molecule has 1 aromatic carbocycles. The topological polar surface area (TPSA) is 110 Å². The third-order valence-electron chi connectivity index (χ3n) is 4.09. The van der Waals surface area contributed by atoms with E-state index in [-0.39, 0.29) is 20.4 Å². The van der Waals surface area contributed by atoms with Gasteiger partial charge in [0.25, 0.3) is 15.9 Å². The zero-order valence-corrected chi connectivity index (χ0v) is 17.2. The van der Waals surface area contributed by atoms with Gasteiger partial charge in [-0.05, 0) is 43.2 Å². The molecule has 8 nitrogen and oxygen atoms in total. The van der Waals surface area contributed by atoms with Gasteiger partial charge < -0.3 is 4.74 Å². The first kappa shape index (κ1) is 21.6. The number of halogens is 2. The minimum absolute atomic E-state index is 0.100. The predicted octanol–water partition coefficient (Wildman–Crippen LogP) is 2.25. The summed E-state index contributed by atoms with van der Waals surface area (Å²) >= 11 is 0.677. The molecule has 0 aliphatic carbocycles. The van der Waals surface area contributed by atoms with Gasteiger partial charge in [0.2, 0.25) is 10.0 Å². The third-order valence-corrected chi connectivity index (χ3v) is 8.88. The monoisotopic (exact) mass is 466 g/mol. The second-order valence-electron chi connectivity index (χ2n) is 6.05. The molecule has 2 heterocycles. The minimum Gasteiger partial charge on any atom is -0.435 e. The molecule has 1 aromatic heterocycles. The van der Waals surface area contributed by atoms with Crippen LogP contribution in [-0.4, -0.2) is 46.7 Å². The number of rotatable bonds is 7. The summed E-state index contributed by atoms with van der Waals surface area (Å²) in [6.07, 6.45) is 1.48. The van der Waals surface area contributed by atoms with Crippen molar-refractivity contribution in [3.63, 3.8) is 0 Å². The molecular weight excluding hydrogens is 450 g/mol. The summed E-state index contributed by atoms with van der Waals surface area (Å²) < 4.78 is 81.1. The second kappa shape index (κ2) is 8.34. The summed E-state index contributed by atoms with van der Waals surface area (Å²) in [4.78, 5) is 12.0. The van der Waals surface area contributed by atoms with Gasteiger partial charge in [-0.25, -0.2) is 21.6 Å². The fourth-order valence-electron chi connectivity index (χ4n) is 2.67. The first-order valence-corrected chi connectivity index (χ1v) is 12.1. The first-order valence-electron chi connectivity index (χ1n) is 8.30. The van der Waals surface area contributed by atoms with Crippen molar-refractivity contribution in [2.24, 2.45) is 0 Å². The zero-order chi connectivity index (χ0) is 21.2. The Morgan fingerprint density at radius 1 is 1.10 bits per heavy atom. The Morgan fingerprint density at radius 2 is 1.72 bits per heavy atom. The van der Waals surface area contributed by atoms with Crippen LogP contribution in [0.4, 0.5) is 8.78 Å². The molecule has 0 spiro atoms. The Morgan fingerprint density at radius 3 is 2.31 bits per heavy atom. The van der Waals surface area contributed by atoms with Crippen LogP contribution in [-0.2, 0) is 20.0 Å². The van der Waals surface area contributed by atoms with Gasteiger partial charge >= 0.3 is 6.61 Å². The summed E-state index contributed by atoms with van der Waals surface area (Å²) in [6.45, 7) is -2.27. The first-order chi connectivity index (χ1) is 13.6. The number of amides is 1. The molecule has 0 unspecified atom stereocenters. The molecule has 1 aliphatic rings. The van der Waals surface area contributed by atoms with Crippen molar-refractivity contribution in [1.29, 1.82) is 0 Å². The number of carbonyl (C=O) groups is 1. The number of hydrogen-bond donors (Lipinski definition) is 1. The van der Waals surface area contributed by atoms with E-state index in [2.05, 4.69) is 4.74 Å². The van der Waals surface area contributed by atoms with Gasteiger partial charge in [-0.3, -0.25) is 4.79 Å². The van der Waals surface area contributed by atoms with E-state index >= 15 is 0 Å². The fourth-order valence-corrected chi connectivity index (χ4v) is 6.77. The molecule has 1 fully saturated rings. The average Bonchev–Trinajstić information content (AvgIpc) is 3.34. The quantitative estimate of drug-likeness (QED) is 0.670. The Hall–Kier alpha value is -2.09. The number of hydrogen-bond acceptors (Lipinski definition) is 7. The molecule has 13 heteroatoms. The van der Waals surface area contributed by atoms with Crippen molar-refractivity contribution in [3.05, 3.63) is 41.3 Å². The third kappa shape index (κ3) is 4.91. The van der Waals surface area contributed by atoms with Gasteiger partial charge in [-0.1, -0.05) is 0 Å². The van der Waals surface area contributed by atoms with Crippen LogP contribution in [0.3, 0.4) is 0 Å². The van der Waals surface area contributed by atoms with E-state index in [1.165, 1.54) is 9.69 Å². The Labute approximate surface area is 170 Å². The van der Waals surface area contributed by atoms with E-state index in [0.29, 0.717) is 24.4 Å². The zero-order valence-electron chi connectivity index (χ0n) is 14.7. The predicted molar refractivity (Wildman–Crippen MR) is 100 cm³/mol. The van der Waals surface area contributed by atoms with Crippen molar-refractivity contribution in [1.82, 2.24) is 9.03 Å². The van der Waals surface area contributed by atoms with Crippen molar-refractivity contribution < 1.29 is 35.1 Å². The minimum atomic E-state index is -4.31. The Balaban J connectivity index is 1.74. The molecule has 1 amide bonds. The SMILES string of the molecule is O=C(NS(=O)(=O)c1cc(S(=O)(=O)N2CCCC2)cs1)c1ccc(OC(F)F)cc1. The highest BCUT2D eigenvalue weighted by Crippen LogP contribution is 2.28. The number of thiophene rings is 1. The molecule has 29 heavy (non-hydrogen) atoms. The van der Waals surface area contributed by atoms with Gasteiger partial charge in [0.1, 0.15) is 9.96 Å². The molecule has 0 saturated carbocycles. The number of alkyl halides is 2. The summed E-state index contributed by atoms with van der Waals surface area (Å²) in [7, 11) is -8.10. The van der Waals surface area contributed by atoms with Gasteiger partial charge in [-0.15, -0.1) is 11.3 Å². The highest BCUT2D eigenvalue weighted by atomic mass is 32.2. The van der Waals surface area contributed by atoms with Crippen LogP contribution in [0, 0.1) is 0 Å². The van der Waals surface area contributed by atoms with E-state index < -0.39 is 32.6 Å². The number of carbonyl (C=O) groups excluding carboxylic acids is 1. The Bertz CT molecular complexity index is 1090. The van der Waals surface area contributed by atoms with Crippen molar-refractivity contribution in [2.75, 3.05) is 13.1 Å². The lowest BCUT2D eigenvalue weighted by atomic mass is 10.2. The normalized spacial score (nSPS) is 15.6. The fraction of sp³-hybridized carbons (Fsp3) is 0.312. The van der Waals surface area contributed by atoms with Crippen LogP contribution < -0.4 is 9.46 Å². The smallest absolute Gasteiger partial charge is 0.387 e. The average molecular weight is 467 g/mol. The van der Waals surface area contributed by atoms with E-state index in [9.17, 15) is 30.4 Å². The maximum atomic E-state index is 12.5. The van der Waals surface area contributed by atoms with E-state index in [0.717, 1.165) is 43.2 Å². The molecule has 0 bridgehead atoms. The molecule has 158 valence electrons. The Kier molecular flexibility index (Phi) is 6.22. The van der Waals surface area contributed by atoms with Crippen LogP contribution >= 0.6 is 11.3 Å². The lowest BCUT2D eigenvalue weighted by Crippen LogP contribution is -2.30. The molecular formula is C16H16F2N2O6S3. The number of benzene rings is 1. The standard InChI is InChI=1S/C16H16F2N2O6S3/c17-16(18)26-12-5-3-11(4-6-12)15(21)19-28(22,23)14-9-13(10-27-14)29(24,25)20-7-1-2-8-20/h3-6,9-10,16H,1-2,7-8H2,(H,19,21). The molecule has 1 saturated heterocycles. The van der Waals surface area contributed by atoms with Crippen molar-refractivity contribution >= 4 is 37.3 Å². The summed E-state index contributed by atoms with van der Waals surface area (Å²) in [5, 5.41) is 1.21. The summed E-state index contributed by atoms with van der Waals surface area (Å²) in [5.74, 6) is -1.18. The molecule has 3 rings (SSSR count). The maximum Gasteiger partial charge on any atom is 0.387 e. The van der Waals surface area contributed by atoms with Crippen LogP contribution in [0.15, 0.2) is 44.8 Å². The highest BCUT2D eigenvalue weighted by Gasteiger charge is 2.30. The van der Waals surface area contributed by atoms with Crippen LogP contribution in [0.25, 0.3) is 0 Å². The molecule has 1 N–H and O–H groups in total. The summed E-state index contributed by atoms with van der Waals surface area (Å²) in [5.41, 5.74) is -0.100. The van der Waals surface area contributed by atoms with Crippen LogP contribution in [0.1, 0.15) is 23.2 Å². The number of ether oxygens (including phenoxy) is 1. The van der Waals surface area contributed by atoms with Crippen molar-refractivity contribution in [2.45, 2.75) is 28.6 Å². The van der Waals surface area contributed by atoms with Gasteiger partial charge in [0, 0.05) is 24.0 Å². The van der Waals surface area contributed by atoms with E-state index in [4.69, 9.17) is 0 Å². The largest absolute Gasteiger partial charge is 0.435 e. The van der Waals surface area contributed by atoms with E-state index in [1.54, 1.807) is 0 Å². The van der Waals surface area contributed by atoms with Gasteiger partial charge in [-0.2, -0.15) is 13.1 Å². The molecule has 0 radical (unpaired) electrons. The molecule has 1 aliphatic heterocycles. The highest BCUT2D eigenvalue weighted by molar-refractivity contribution is 7.92. The van der Waals surface area contributed by atoms with Gasteiger partial charge in [0.05, 0.1) is 4.90 Å². The number of sulfonamides is 2. The van der Waals surface area contributed by atoms with E-state index in [1.807, 2.05) is 4.72 Å². The lowest BCUT2D eigenvalue weighted by Gasteiger charge is -2.13. The van der Waals surface area contributed by atoms with Gasteiger partial charge in [0.15, 0.2) is 0 Å². The lowest BCUT2D eigenvalue weighted by molar-refractivity contribution is -0.0498. The second-order valence-corrected chi connectivity index (χ2v) is 10.8. The molecule has 0 atom stereocenters. The van der Waals surface area contributed by atoms with Crippen LogP contribution in [0.2, 0.25) is 0 Å².